The Labute approximate surface area is 214 Å². The second-order valence-corrected chi connectivity index (χ2v) is 9.86. The Kier molecular flexibility index (Phi) is 8.00. The molecule has 2 aromatic heterocycles. The maximum absolute atomic E-state index is 13.5. The first kappa shape index (κ1) is 25.1. The molecule has 1 aliphatic heterocycles. The van der Waals surface area contributed by atoms with Gasteiger partial charge in [-0.05, 0) is 50.5 Å². The number of amides is 1. The number of rotatable bonds is 9. The van der Waals surface area contributed by atoms with Gasteiger partial charge >= 0.3 is 0 Å². The second kappa shape index (κ2) is 11.2. The van der Waals surface area contributed by atoms with Crippen LogP contribution < -0.4 is 10.9 Å². The van der Waals surface area contributed by atoms with Crippen molar-refractivity contribution in [2.24, 2.45) is 0 Å². The fraction of sp³-hybridized carbons (Fsp3) is 0.308. The SMILES string of the molecule is CCOCCCNc1nc2c(C)cccn2c(=O)c1C=C1SC(=S)N(C(C)c2ccccc2)C1=O. The third-order valence-corrected chi connectivity index (χ3v) is 7.14. The molecule has 1 atom stereocenters. The summed E-state index contributed by atoms with van der Waals surface area (Å²) >= 11 is 6.76. The van der Waals surface area contributed by atoms with Crippen LogP contribution in [0, 0.1) is 6.92 Å². The van der Waals surface area contributed by atoms with E-state index in [1.165, 1.54) is 16.2 Å². The highest BCUT2D eigenvalue weighted by Gasteiger charge is 2.36. The van der Waals surface area contributed by atoms with Gasteiger partial charge in [-0.15, -0.1) is 0 Å². The zero-order valence-corrected chi connectivity index (χ0v) is 21.6. The number of hydrogen-bond acceptors (Lipinski definition) is 7. The van der Waals surface area contributed by atoms with Gasteiger partial charge < -0.3 is 10.1 Å². The van der Waals surface area contributed by atoms with Gasteiger partial charge in [-0.3, -0.25) is 18.9 Å². The first-order chi connectivity index (χ1) is 16.9. The van der Waals surface area contributed by atoms with E-state index in [4.69, 9.17) is 21.9 Å². The number of nitrogens with one attached hydrogen (secondary N) is 1. The predicted molar refractivity (Wildman–Crippen MR) is 146 cm³/mol. The zero-order valence-electron chi connectivity index (χ0n) is 20.0. The van der Waals surface area contributed by atoms with Crippen LogP contribution in [0.4, 0.5) is 5.82 Å². The van der Waals surface area contributed by atoms with Crippen molar-refractivity contribution >= 4 is 51.7 Å². The average Bonchev–Trinajstić information content (AvgIpc) is 3.14. The van der Waals surface area contributed by atoms with E-state index >= 15 is 0 Å². The standard InChI is InChI=1S/C26H28N4O3S2/c1-4-33-15-9-13-27-22-20(24(31)29-14-8-10-17(2)23(29)28-22)16-21-25(32)30(26(34)35-21)18(3)19-11-6-5-7-12-19/h5-8,10-12,14,16,18,27H,4,9,13,15H2,1-3H3. The van der Waals surface area contributed by atoms with E-state index < -0.39 is 0 Å². The number of anilines is 1. The molecule has 0 spiro atoms. The monoisotopic (exact) mass is 508 g/mol. The van der Waals surface area contributed by atoms with Crippen LogP contribution in [0.3, 0.4) is 0 Å². The Balaban J connectivity index is 1.71. The molecule has 0 aliphatic carbocycles. The minimum atomic E-state index is -0.243. The van der Waals surface area contributed by atoms with Crippen LogP contribution in [-0.2, 0) is 9.53 Å². The number of carbonyl (C=O) groups excluding carboxylic acids is 1. The summed E-state index contributed by atoms with van der Waals surface area (Å²) in [5.41, 5.74) is 2.54. The lowest BCUT2D eigenvalue weighted by molar-refractivity contribution is -0.123. The summed E-state index contributed by atoms with van der Waals surface area (Å²) in [5, 5.41) is 3.28. The van der Waals surface area contributed by atoms with Gasteiger partial charge in [-0.2, -0.15) is 0 Å². The molecule has 1 fully saturated rings. The Hall–Kier alpha value is -3.01. The maximum Gasteiger partial charge on any atom is 0.267 e. The third-order valence-electron chi connectivity index (χ3n) is 5.81. The number of thioether (sulfide) groups is 1. The highest BCUT2D eigenvalue weighted by molar-refractivity contribution is 8.26. The van der Waals surface area contributed by atoms with Crippen molar-refractivity contribution in [2.45, 2.75) is 33.2 Å². The zero-order chi connectivity index (χ0) is 24.9. The van der Waals surface area contributed by atoms with Crippen LogP contribution >= 0.6 is 24.0 Å². The molecular weight excluding hydrogens is 480 g/mol. The quantitative estimate of drug-likeness (QED) is 0.253. The lowest BCUT2D eigenvalue weighted by Crippen LogP contribution is -2.31. The van der Waals surface area contributed by atoms with Crippen LogP contribution in [0.1, 0.15) is 43.0 Å². The number of aryl methyl sites for hydroxylation is 1. The molecule has 1 aliphatic rings. The normalized spacial score (nSPS) is 15.9. The van der Waals surface area contributed by atoms with Gasteiger partial charge in [0.1, 0.15) is 15.8 Å². The van der Waals surface area contributed by atoms with Crippen LogP contribution in [-0.4, -0.2) is 44.3 Å². The number of thiocarbonyl (C=S) groups is 1. The van der Waals surface area contributed by atoms with Crippen molar-refractivity contribution in [2.75, 3.05) is 25.1 Å². The molecule has 3 aromatic rings. The summed E-state index contributed by atoms with van der Waals surface area (Å²) in [5.74, 6) is 0.231. The number of ether oxygens (including phenoxy) is 1. The van der Waals surface area contributed by atoms with Gasteiger partial charge in [0, 0.05) is 26.0 Å². The molecule has 1 amide bonds. The first-order valence-corrected chi connectivity index (χ1v) is 12.8. The molecule has 0 saturated carbocycles. The third kappa shape index (κ3) is 5.32. The van der Waals surface area contributed by atoms with Gasteiger partial charge in [0.2, 0.25) is 0 Å². The van der Waals surface area contributed by atoms with Crippen LogP contribution in [0.2, 0.25) is 0 Å². The summed E-state index contributed by atoms with van der Waals surface area (Å²) < 4.78 is 7.39. The van der Waals surface area contributed by atoms with Gasteiger partial charge in [-0.1, -0.05) is 60.4 Å². The maximum atomic E-state index is 13.5. The molecule has 7 nitrogen and oxygen atoms in total. The second-order valence-electron chi connectivity index (χ2n) is 8.18. The molecule has 35 heavy (non-hydrogen) atoms. The van der Waals surface area contributed by atoms with Gasteiger partial charge in [0.05, 0.1) is 16.5 Å². The summed E-state index contributed by atoms with van der Waals surface area (Å²) in [6, 6.07) is 13.3. The van der Waals surface area contributed by atoms with E-state index in [-0.39, 0.29) is 17.5 Å². The minimum Gasteiger partial charge on any atom is -0.382 e. The lowest BCUT2D eigenvalue weighted by Gasteiger charge is -2.23. The Morgan fingerprint density at radius 3 is 2.71 bits per heavy atom. The molecule has 0 radical (unpaired) electrons. The fourth-order valence-electron chi connectivity index (χ4n) is 3.93. The molecule has 4 rings (SSSR count). The number of pyridine rings is 1. The first-order valence-electron chi connectivity index (χ1n) is 11.6. The highest BCUT2D eigenvalue weighted by atomic mass is 32.2. The molecule has 9 heteroatoms. The molecule has 1 unspecified atom stereocenters. The number of carbonyl (C=O) groups is 1. The Morgan fingerprint density at radius 2 is 1.97 bits per heavy atom. The van der Waals surface area contributed by atoms with Crippen LogP contribution in [0.25, 0.3) is 11.7 Å². The summed E-state index contributed by atoms with van der Waals surface area (Å²) in [6.07, 6.45) is 4.07. The summed E-state index contributed by atoms with van der Waals surface area (Å²) in [4.78, 5) is 33.6. The van der Waals surface area contributed by atoms with Crippen molar-refractivity contribution in [3.05, 3.63) is 80.6 Å². The van der Waals surface area contributed by atoms with Crippen molar-refractivity contribution in [1.82, 2.24) is 14.3 Å². The molecule has 1 N–H and O–H groups in total. The molecule has 0 bridgehead atoms. The van der Waals surface area contributed by atoms with E-state index in [2.05, 4.69) is 5.32 Å². The lowest BCUT2D eigenvalue weighted by atomic mass is 10.1. The smallest absolute Gasteiger partial charge is 0.267 e. The number of benzene rings is 1. The van der Waals surface area contributed by atoms with Crippen molar-refractivity contribution in [3.8, 4) is 0 Å². The number of nitrogens with zero attached hydrogens (tertiary/aromatic N) is 3. The van der Waals surface area contributed by atoms with Gasteiger partial charge in [-0.25, -0.2) is 4.98 Å². The summed E-state index contributed by atoms with van der Waals surface area (Å²) in [7, 11) is 0. The number of fused-ring (bicyclic) bond motifs is 1. The van der Waals surface area contributed by atoms with Crippen molar-refractivity contribution < 1.29 is 9.53 Å². The fourth-order valence-corrected chi connectivity index (χ4v) is 5.33. The molecular formula is C26H28N4O3S2. The van der Waals surface area contributed by atoms with E-state index in [1.54, 1.807) is 17.2 Å². The molecule has 3 heterocycles. The molecule has 1 saturated heterocycles. The number of hydrogen-bond donors (Lipinski definition) is 1. The Morgan fingerprint density at radius 1 is 1.20 bits per heavy atom. The van der Waals surface area contributed by atoms with Crippen molar-refractivity contribution in [3.63, 3.8) is 0 Å². The topological polar surface area (TPSA) is 75.9 Å². The van der Waals surface area contributed by atoms with E-state index in [0.29, 0.717) is 46.0 Å². The van der Waals surface area contributed by atoms with E-state index in [9.17, 15) is 9.59 Å². The Bertz CT molecular complexity index is 1340. The average molecular weight is 509 g/mol. The number of aromatic nitrogens is 2. The molecule has 1 aromatic carbocycles. The summed E-state index contributed by atoms with van der Waals surface area (Å²) in [6.45, 7) is 7.67. The van der Waals surface area contributed by atoms with Crippen molar-refractivity contribution in [1.29, 1.82) is 0 Å². The van der Waals surface area contributed by atoms with E-state index in [0.717, 1.165) is 17.5 Å². The van der Waals surface area contributed by atoms with Crippen LogP contribution in [0.5, 0.6) is 0 Å². The van der Waals surface area contributed by atoms with E-state index in [1.807, 2.05) is 63.2 Å². The van der Waals surface area contributed by atoms with Gasteiger partial charge in [0.15, 0.2) is 0 Å². The van der Waals surface area contributed by atoms with Gasteiger partial charge in [0.25, 0.3) is 11.5 Å². The largest absolute Gasteiger partial charge is 0.382 e. The predicted octanol–water partition coefficient (Wildman–Crippen LogP) is 4.80. The van der Waals surface area contributed by atoms with Crippen LogP contribution in [0.15, 0.2) is 58.4 Å². The minimum absolute atomic E-state index is 0.215. The highest BCUT2D eigenvalue weighted by Crippen LogP contribution is 2.38. The molecule has 182 valence electrons.